The number of esters is 4. The molecule has 5 rings (SSSR count). The highest BCUT2D eigenvalue weighted by Gasteiger charge is 2.33. The summed E-state index contributed by atoms with van der Waals surface area (Å²) in [6.45, 7) is 9.15. The fourth-order valence-corrected chi connectivity index (χ4v) is 10.2. The van der Waals surface area contributed by atoms with E-state index in [1.54, 1.807) is 64.1 Å². The zero-order valence-electron chi connectivity index (χ0n) is 37.2. The predicted molar refractivity (Wildman–Crippen MR) is 253 cm³/mol. The quantitative estimate of drug-likeness (QED) is 0.0269. The summed E-state index contributed by atoms with van der Waals surface area (Å²) >= 11 is 1.76. The van der Waals surface area contributed by atoms with Crippen LogP contribution in [0, 0.1) is 0 Å². The van der Waals surface area contributed by atoms with Gasteiger partial charge in [-0.3, -0.25) is 0 Å². The van der Waals surface area contributed by atoms with Crippen molar-refractivity contribution in [3.05, 3.63) is 82.2 Å². The number of aromatic nitrogens is 2. The number of hydrogen-bond acceptors (Lipinski definition) is 17. The number of anilines is 2. The van der Waals surface area contributed by atoms with Crippen molar-refractivity contribution in [1.29, 1.82) is 0 Å². The van der Waals surface area contributed by atoms with Crippen molar-refractivity contribution in [3.8, 4) is 17.1 Å². The average Bonchev–Trinajstić information content (AvgIpc) is 4.04. The Bertz CT molecular complexity index is 2660. The van der Waals surface area contributed by atoms with E-state index in [1.165, 1.54) is 31.7 Å². The van der Waals surface area contributed by atoms with Crippen molar-refractivity contribution in [3.63, 3.8) is 0 Å². The van der Waals surface area contributed by atoms with Gasteiger partial charge in [-0.15, -0.1) is 0 Å². The molecule has 4 aromatic heterocycles. The van der Waals surface area contributed by atoms with Crippen LogP contribution in [0.1, 0.15) is 126 Å². The van der Waals surface area contributed by atoms with Gasteiger partial charge in [0.25, 0.3) is 10.0 Å². The van der Waals surface area contributed by atoms with E-state index >= 15 is 0 Å². The van der Waals surface area contributed by atoms with E-state index in [4.69, 9.17) is 35.2 Å². The van der Waals surface area contributed by atoms with Gasteiger partial charge >= 0.3 is 23.9 Å². The Kier molecular flexibility index (Phi) is 17.7. The fraction of sp³-hybridized carbons (Fsp3) is 0.378. The summed E-state index contributed by atoms with van der Waals surface area (Å²) in [6, 6.07) is 12.9. The van der Waals surface area contributed by atoms with Gasteiger partial charge < -0.3 is 39.7 Å². The van der Waals surface area contributed by atoms with Crippen LogP contribution in [0.4, 0.5) is 20.0 Å². The van der Waals surface area contributed by atoms with E-state index in [9.17, 15) is 27.6 Å². The molecular formula is C45H54N6O11S3. The van der Waals surface area contributed by atoms with Crippen LogP contribution >= 0.6 is 22.7 Å². The number of nitrogen functional groups attached to an aromatic ring is 2. The van der Waals surface area contributed by atoms with E-state index in [-0.39, 0.29) is 90.7 Å². The fourth-order valence-electron chi connectivity index (χ4n) is 6.92. The molecule has 0 amide bonds. The van der Waals surface area contributed by atoms with E-state index in [0.717, 1.165) is 65.2 Å². The Labute approximate surface area is 386 Å². The molecule has 17 nitrogen and oxygen atoms in total. The first kappa shape index (κ1) is 49.8. The Balaban J connectivity index is 1.75. The third-order valence-electron chi connectivity index (χ3n) is 9.84. The molecule has 0 spiro atoms. The maximum atomic E-state index is 14.9. The minimum atomic E-state index is -4.43. The van der Waals surface area contributed by atoms with Gasteiger partial charge in [-0.1, -0.05) is 79.9 Å². The van der Waals surface area contributed by atoms with Crippen LogP contribution < -0.4 is 16.2 Å². The van der Waals surface area contributed by atoms with Crippen molar-refractivity contribution in [2.75, 3.05) is 45.0 Å². The number of benzene rings is 1. The maximum absolute atomic E-state index is 14.9. The summed E-state index contributed by atoms with van der Waals surface area (Å²) < 4.78 is 59.6. The molecule has 1 aromatic carbocycles. The Hall–Kier alpha value is -6.25. The molecule has 5 aromatic rings. The van der Waals surface area contributed by atoms with E-state index < -0.39 is 33.9 Å². The molecule has 4 N–H and O–H groups in total. The largest absolute Gasteiger partial charge is 0.494 e. The number of rotatable bonds is 23. The summed E-state index contributed by atoms with van der Waals surface area (Å²) in [5.41, 5.74) is 13.0. The topological polar surface area (TPSA) is 235 Å². The summed E-state index contributed by atoms with van der Waals surface area (Å²) in [4.78, 5) is 61.7. The van der Waals surface area contributed by atoms with Gasteiger partial charge in [0.05, 0.1) is 67.9 Å². The van der Waals surface area contributed by atoms with Gasteiger partial charge in [0.1, 0.15) is 53.7 Å². The number of ether oxygens (including phenoxy) is 5. The molecule has 348 valence electrons. The number of carbonyl (C=O) groups excluding carboxylic acids is 4. The number of aliphatic imine (C=N–C) groups is 2. The molecule has 0 radical (unpaired) electrons. The second kappa shape index (κ2) is 23.1. The molecule has 0 atom stereocenters. The van der Waals surface area contributed by atoms with Crippen LogP contribution in [0.2, 0.25) is 0 Å². The number of unbranched alkanes of at least 4 members (excludes halogenated alkanes) is 5. The van der Waals surface area contributed by atoms with Crippen molar-refractivity contribution >= 4 is 89.0 Å². The predicted octanol–water partition coefficient (Wildman–Crippen LogP) is 9.06. The van der Waals surface area contributed by atoms with E-state index in [0.29, 0.717) is 17.9 Å². The van der Waals surface area contributed by atoms with Crippen molar-refractivity contribution in [2.45, 2.75) is 84.6 Å². The smallest absolute Gasteiger partial charge is 0.342 e. The molecule has 0 saturated heterocycles. The molecule has 0 aliphatic heterocycles. The molecule has 0 fully saturated rings. The third-order valence-corrected chi connectivity index (χ3v) is 13.4. The van der Waals surface area contributed by atoms with Crippen LogP contribution in [0.5, 0.6) is 5.75 Å². The number of nitrogens with two attached hydrogens (primary N) is 2. The Morgan fingerprint density at radius 1 is 0.646 bits per heavy atom. The normalized spacial score (nSPS) is 11.7. The highest BCUT2D eigenvalue weighted by atomic mass is 32.2. The molecule has 65 heavy (non-hydrogen) atoms. The average molecular weight is 951 g/mol. The molecular weight excluding hydrogens is 897 g/mol. The Morgan fingerprint density at radius 2 is 1.14 bits per heavy atom. The van der Waals surface area contributed by atoms with Crippen molar-refractivity contribution < 1.29 is 51.3 Å². The van der Waals surface area contributed by atoms with Gasteiger partial charge in [0.15, 0.2) is 0 Å². The van der Waals surface area contributed by atoms with E-state index in [2.05, 4.69) is 16.9 Å². The number of carbonyl (C=O) groups is 4. The second-order valence-corrected chi connectivity index (χ2v) is 17.9. The lowest BCUT2D eigenvalue weighted by Gasteiger charge is -2.16. The van der Waals surface area contributed by atoms with Crippen molar-refractivity contribution in [2.24, 2.45) is 9.98 Å². The third kappa shape index (κ3) is 11.2. The SMILES string of the molecule is CCCCCCCCn1c(/C=N\c2sc(N)c(C(=O)OCC)c2C(=O)OCC)ccc1-c1cc(OC)c(/C=N/c2sc(N)c(C(=O)OCC)c2C(=O)OCC)n1S(=O)(=O)c1ccccc1. The van der Waals surface area contributed by atoms with Crippen LogP contribution in [-0.2, 0) is 35.5 Å². The molecule has 4 heterocycles. The number of nitrogens with zero attached hydrogens (tertiary/aromatic N) is 4. The summed E-state index contributed by atoms with van der Waals surface area (Å²) in [5.74, 6) is -3.18. The summed E-state index contributed by atoms with van der Waals surface area (Å²) in [6.07, 6.45) is 8.59. The minimum Gasteiger partial charge on any atom is -0.494 e. The summed E-state index contributed by atoms with van der Waals surface area (Å²) in [7, 11) is -3.05. The zero-order chi connectivity index (χ0) is 47.3. The maximum Gasteiger partial charge on any atom is 0.342 e. The van der Waals surface area contributed by atoms with Crippen LogP contribution in [0.15, 0.2) is 63.4 Å². The van der Waals surface area contributed by atoms with Crippen LogP contribution in [0.25, 0.3) is 11.4 Å². The minimum absolute atomic E-state index is 0.0109. The second-order valence-electron chi connectivity index (χ2n) is 14.1. The molecule has 0 bridgehead atoms. The van der Waals surface area contributed by atoms with Gasteiger partial charge in [-0.2, -0.15) is 0 Å². The standard InChI is InChI=1S/C45H54N6O11S3/c1-7-12-13-14-15-19-24-50-28(26-48-40-36(44(54)61-10-4)34(38(46)63-40)42(52)59-8-2)22-23-30(50)31-25-33(58-6)32(51(31)65(56,57)29-20-17-16-18-21-29)27-49-41-37(45(55)62-11-5)35(39(47)64-41)43(53)60-9-3/h16-18,20-23,25-27H,7-15,19,24,46-47H2,1-6H3/b48-26-,49-27+. The molecule has 0 aliphatic rings. The lowest BCUT2D eigenvalue weighted by molar-refractivity contribution is 0.0481. The first-order valence-corrected chi connectivity index (χ1v) is 24.3. The first-order valence-electron chi connectivity index (χ1n) is 21.2. The summed E-state index contributed by atoms with van der Waals surface area (Å²) in [5, 5.41) is 0.0845. The molecule has 0 saturated carbocycles. The van der Waals surface area contributed by atoms with Crippen LogP contribution in [-0.4, -0.2) is 86.8 Å². The van der Waals surface area contributed by atoms with Gasteiger partial charge in [-0.05, 0) is 58.4 Å². The van der Waals surface area contributed by atoms with Gasteiger partial charge in [0.2, 0.25) is 0 Å². The van der Waals surface area contributed by atoms with Crippen LogP contribution in [0.3, 0.4) is 0 Å². The van der Waals surface area contributed by atoms with Gasteiger partial charge in [0, 0.05) is 12.6 Å². The van der Waals surface area contributed by atoms with Gasteiger partial charge in [-0.25, -0.2) is 41.6 Å². The number of hydrogen-bond donors (Lipinski definition) is 2. The van der Waals surface area contributed by atoms with Crippen molar-refractivity contribution in [1.82, 2.24) is 8.54 Å². The molecule has 0 unspecified atom stereocenters. The number of methoxy groups -OCH3 is 1. The lowest BCUT2D eigenvalue weighted by atomic mass is 10.1. The monoisotopic (exact) mass is 950 g/mol. The highest BCUT2D eigenvalue weighted by molar-refractivity contribution is 7.90. The lowest BCUT2D eigenvalue weighted by Crippen LogP contribution is -2.18. The number of thiophene rings is 2. The molecule has 20 heteroatoms. The first-order chi connectivity index (χ1) is 31.3. The zero-order valence-corrected chi connectivity index (χ0v) is 39.7. The highest BCUT2D eigenvalue weighted by Crippen LogP contribution is 2.42. The Morgan fingerprint density at radius 3 is 1.65 bits per heavy atom. The van der Waals surface area contributed by atoms with E-state index in [1.807, 2.05) is 4.57 Å². The molecule has 0 aliphatic carbocycles.